The summed E-state index contributed by atoms with van der Waals surface area (Å²) in [5, 5.41) is 13.5. The van der Waals surface area contributed by atoms with E-state index < -0.39 is 0 Å². The summed E-state index contributed by atoms with van der Waals surface area (Å²) in [4.78, 5) is 0.881. The lowest BCUT2D eigenvalue weighted by atomic mass is 9.96. The molecule has 74 valence electrons. The van der Waals surface area contributed by atoms with Crippen molar-refractivity contribution in [2.75, 3.05) is 0 Å². The molecule has 0 spiro atoms. The molecule has 1 heterocycles. The Kier molecular flexibility index (Phi) is 4.32. The van der Waals surface area contributed by atoms with Crippen LogP contribution in [-0.2, 0) is 0 Å². The highest BCUT2D eigenvalue weighted by Crippen LogP contribution is 2.25. The molecule has 0 aliphatic carbocycles. The Balaban J connectivity index is 2.45. The van der Waals surface area contributed by atoms with Crippen LogP contribution in [0.1, 0.15) is 44.1 Å². The fraction of sp³-hybridized carbons (Fsp3) is 0.778. The average molecular weight is 200 g/mol. The van der Waals surface area contributed by atoms with Gasteiger partial charge in [0.1, 0.15) is 0 Å². The number of hydrogen-bond acceptors (Lipinski definition) is 4. The molecule has 13 heavy (non-hydrogen) atoms. The predicted molar refractivity (Wildman–Crippen MR) is 53.6 cm³/mol. The Morgan fingerprint density at radius 3 is 2.62 bits per heavy atom. The molecule has 1 atom stereocenters. The van der Waals surface area contributed by atoms with E-state index in [4.69, 9.17) is 0 Å². The van der Waals surface area contributed by atoms with Crippen molar-refractivity contribution in [1.82, 2.24) is 9.59 Å². The molecule has 3 nitrogen and oxygen atoms in total. The van der Waals surface area contributed by atoms with Crippen LogP contribution < -0.4 is 0 Å². The topological polar surface area (TPSA) is 46.0 Å². The lowest BCUT2D eigenvalue weighted by Crippen LogP contribution is -2.04. The molecule has 4 heteroatoms. The summed E-state index contributed by atoms with van der Waals surface area (Å²) in [6.45, 7) is 4.32. The molecule has 0 aliphatic heterocycles. The predicted octanol–water partition coefficient (Wildman–Crippen LogP) is 2.40. The Bertz CT molecular complexity index is 222. The van der Waals surface area contributed by atoms with Gasteiger partial charge >= 0.3 is 0 Å². The second-order valence-corrected chi connectivity index (χ2v) is 4.07. The first-order valence-corrected chi connectivity index (χ1v) is 5.50. The highest BCUT2D eigenvalue weighted by molar-refractivity contribution is 7.05. The molecule has 0 amide bonds. The Morgan fingerprint density at radius 1 is 1.46 bits per heavy atom. The van der Waals surface area contributed by atoms with Gasteiger partial charge in [0, 0.05) is 0 Å². The maximum absolute atomic E-state index is 9.77. The van der Waals surface area contributed by atoms with Gasteiger partial charge in [0.05, 0.1) is 17.2 Å². The van der Waals surface area contributed by atoms with Crippen LogP contribution in [0, 0.1) is 5.92 Å². The van der Waals surface area contributed by atoms with E-state index in [0.29, 0.717) is 5.92 Å². The van der Waals surface area contributed by atoms with Crippen molar-refractivity contribution in [3.63, 3.8) is 0 Å². The third-order valence-electron chi connectivity index (χ3n) is 2.42. The minimum Gasteiger partial charge on any atom is -0.387 e. The lowest BCUT2D eigenvalue weighted by molar-refractivity contribution is 0.144. The van der Waals surface area contributed by atoms with Gasteiger partial charge in [-0.25, -0.2) is 0 Å². The van der Waals surface area contributed by atoms with E-state index in [-0.39, 0.29) is 6.10 Å². The number of aromatic nitrogens is 2. The first-order chi connectivity index (χ1) is 6.27. The maximum Gasteiger partial charge on any atom is 0.0916 e. The molecule has 1 aromatic heterocycles. The summed E-state index contributed by atoms with van der Waals surface area (Å²) >= 11 is 1.28. The molecule has 1 aromatic rings. The van der Waals surface area contributed by atoms with Gasteiger partial charge in [0.2, 0.25) is 0 Å². The minimum absolute atomic E-state index is 0.370. The number of aliphatic hydroxyl groups is 1. The van der Waals surface area contributed by atoms with Gasteiger partial charge in [-0.15, -0.1) is 5.10 Å². The third kappa shape index (κ3) is 3.04. The quantitative estimate of drug-likeness (QED) is 0.794. The zero-order chi connectivity index (χ0) is 9.68. The molecule has 1 unspecified atom stereocenters. The minimum atomic E-state index is -0.370. The standard InChI is InChI=1S/C9H16N2OS/c1-3-7(4-2)5-8(12)9-6-10-11-13-9/h6-8,12H,3-5H2,1-2H3. The Hall–Kier alpha value is -0.480. The molecule has 0 aromatic carbocycles. The van der Waals surface area contributed by atoms with Gasteiger partial charge in [-0.05, 0) is 23.9 Å². The van der Waals surface area contributed by atoms with Gasteiger partial charge in [-0.1, -0.05) is 31.2 Å². The first kappa shape index (κ1) is 10.6. The molecular formula is C9H16N2OS. The largest absolute Gasteiger partial charge is 0.387 e. The fourth-order valence-corrected chi connectivity index (χ4v) is 1.88. The van der Waals surface area contributed by atoms with Crippen LogP contribution in [0.2, 0.25) is 0 Å². The molecule has 0 radical (unpaired) electrons. The van der Waals surface area contributed by atoms with E-state index >= 15 is 0 Å². The van der Waals surface area contributed by atoms with Gasteiger partial charge in [-0.3, -0.25) is 0 Å². The molecule has 0 fully saturated rings. The van der Waals surface area contributed by atoms with Crippen LogP contribution in [0.4, 0.5) is 0 Å². The van der Waals surface area contributed by atoms with Crippen LogP contribution in [0.15, 0.2) is 6.20 Å². The van der Waals surface area contributed by atoms with Crippen molar-refractivity contribution in [2.45, 2.75) is 39.2 Å². The molecule has 0 aliphatic rings. The first-order valence-electron chi connectivity index (χ1n) is 4.73. The Labute approximate surface area is 83.0 Å². The number of aliphatic hydroxyl groups excluding tert-OH is 1. The van der Waals surface area contributed by atoms with E-state index in [1.807, 2.05) is 0 Å². The van der Waals surface area contributed by atoms with Crippen molar-refractivity contribution in [3.8, 4) is 0 Å². The summed E-state index contributed by atoms with van der Waals surface area (Å²) in [5.74, 6) is 0.608. The zero-order valence-corrected chi connectivity index (χ0v) is 8.92. The van der Waals surface area contributed by atoms with Gasteiger partial charge in [-0.2, -0.15) is 0 Å². The van der Waals surface area contributed by atoms with Crippen LogP contribution in [-0.4, -0.2) is 14.7 Å². The highest BCUT2D eigenvalue weighted by Gasteiger charge is 2.14. The molecule has 1 N–H and O–H groups in total. The summed E-state index contributed by atoms with van der Waals surface area (Å²) in [6, 6.07) is 0. The molecule has 0 bridgehead atoms. The van der Waals surface area contributed by atoms with Crippen molar-refractivity contribution in [2.24, 2.45) is 5.92 Å². The van der Waals surface area contributed by atoms with E-state index in [1.54, 1.807) is 6.20 Å². The number of hydrogen-bond donors (Lipinski definition) is 1. The van der Waals surface area contributed by atoms with Gasteiger partial charge in [0.25, 0.3) is 0 Å². The normalized spacial score (nSPS) is 13.5. The summed E-state index contributed by atoms with van der Waals surface area (Å²) in [6.07, 6.45) is 4.36. The summed E-state index contributed by atoms with van der Waals surface area (Å²) < 4.78 is 3.73. The zero-order valence-electron chi connectivity index (χ0n) is 8.10. The summed E-state index contributed by atoms with van der Waals surface area (Å²) in [7, 11) is 0. The van der Waals surface area contributed by atoms with E-state index in [1.165, 1.54) is 11.5 Å². The second-order valence-electron chi connectivity index (χ2n) is 3.25. The number of rotatable bonds is 5. The lowest BCUT2D eigenvalue weighted by Gasteiger charge is -2.15. The molecule has 0 saturated heterocycles. The molecular weight excluding hydrogens is 184 g/mol. The van der Waals surface area contributed by atoms with Crippen molar-refractivity contribution < 1.29 is 5.11 Å². The monoisotopic (exact) mass is 200 g/mol. The Morgan fingerprint density at radius 2 is 2.15 bits per heavy atom. The number of nitrogens with zero attached hydrogens (tertiary/aromatic N) is 2. The van der Waals surface area contributed by atoms with Gasteiger partial charge < -0.3 is 5.11 Å². The molecule has 0 saturated carbocycles. The van der Waals surface area contributed by atoms with E-state index in [9.17, 15) is 5.11 Å². The van der Waals surface area contributed by atoms with Crippen molar-refractivity contribution in [1.29, 1.82) is 0 Å². The summed E-state index contributed by atoms with van der Waals surface area (Å²) in [5.41, 5.74) is 0. The van der Waals surface area contributed by atoms with E-state index in [2.05, 4.69) is 23.4 Å². The SMILES string of the molecule is CCC(CC)CC(O)c1cnns1. The average Bonchev–Trinajstić information content (AvgIpc) is 2.66. The second kappa shape index (κ2) is 5.29. The van der Waals surface area contributed by atoms with Crippen molar-refractivity contribution >= 4 is 11.5 Å². The smallest absolute Gasteiger partial charge is 0.0916 e. The van der Waals surface area contributed by atoms with E-state index in [0.717, 1.165) is 24.1 Å². The molecule has 1 rings (SSSR count). The fourth-order valence-electron chi connectivity index (χ4n) is 1.38. The van der Waals surface area contributed by atoms with Crippen LogP contribution in [0.5, 0.6) is 0 Å². The van der Waals surface area contributed by atoms with Crippen LogP contribution in [0.25, 0.3) is 0 Å². The van der Waals surface area contributed by atoms with Crippen LogP contribution in [0.3, 0.4) is 0 Å². The van der Waals surface area contributed by atoms with Gasteiger partial charge in [0.15, 0.2) is 0 Å². The highest BCUT2D eigenvalue weighted by atomic mass is 32.1. The maximum atomic E-state index is 9.77. The van der Waals surface area contributed by atoms with Crippen LogP contribution >= 0.6 is 11.5 Å². The van der Waals surface area contributed by atoms with Crippen molar-refractivity contribution in [3.05, 3.63) is 11.1 Å². The third-order valence-corrected chi connectivity index (χ3v) is 3.18.